The lowest BCUT2D eigenvalue weighted by atomic mass is 9.79. The van der Waals surface area contributed by atoms with E-state index in [-0.39, 0.29) is 36.5 Å². The van der Waals surface area contributed by atoms with Crippen LogP contribution in [-0.4, -0.2) is 30.8 Å². The van der Waals surface area contributed by atoms with Crippen molar-refractivity contribution in [3.8, 4) is 0 Å². The largest absolute Gasteiger partial charge is 0.462 e. The van der Waals surface area contributed by atoms with Crippen LogP contribution < -0.4 is 0 Å². The fourth-order valence-corrected chi connectivity index (χ4v) is 6.09. The molecule has 1 saturated carbocycles. The third-order valence-electron chi connectivity index (χ3n) is 7.96. The molecule has 5 heteroatoms. The summed E-state index contributed by atoms with van der Waals surface area (Å²) >= 11 is 0. The van der Waals surface area contributed by atoms with Gasteiger partial charge in [-0.1, -0.05) is 109 Å². The summed E-state index contributed by atoms with van der Waals surface area (Å²) in [6, 6.07) is 39.5. The second-order valence-corrected chi connectivity index (χ2v) is 10.2. The normalized spacial score (nSPS) is 22.2. The summed E-state index contributed by atoms with van der Waals surface area (Å²) in [5.74, 6) is -0.865. The van der Waals surface area contributed by atoms with Crippen molar-refractivity contribution in [2.75, 3.05) is 6.61 Å². The van der Waals surface area contributed by atoms with Crippen LogP contribution in [0.5, 0.6) is 0 Å². The quantitative estimate of drug-likeness (QED) is 0.206. The van der Waals surface area contributed by atoms with Gasteiger partial charge in [0.15, 0.2) is 0 Å². The molecule has 0 bridgehead atoms. The van der Waals surface area contributed by atoms with Crippen molar-refractivity contribution in [2.24, 2.45) is 11.8 Å². The number of rotatable bonds is 8. The molecule has 1 aliphatic carbocycles. The Bertz CT molecular complexity index is 1310. The molecule has 196 valence electrons. The standard InChI is InChI=1S/C34H30O5/c35-32-21-28-29(31(22-30(28)38-32)39-33(36)24-13-5-1-6-14-24)23-37-34(25-15-7-2-8-16-25,26-17-9-3-10-18-26)27-19-11-4-12-20-27/h1-20,28-31H,21-23H2. The minimum atomic E-state index is -0.903. The van der Waals surface area contributed by atoms with Gasteiger partial charge in [0, 0.05) is 18.3 Å². The van der Waals surface area contributed by atoms with E-state index in [1.54, 1.807) is 12.1 Å². The van der Waals surface area contributed by atoms with Crippen molar-refractivity contribution in [1.29, 1.82) is 0 Å². The Kier molecular flexibility index (Phi) is 6.99. The number of carbonyl (C=O) groups excluding carboxylic acids is 2. The third-order valence-corrected chi connectivity index (χ3v) is 7.96. The van der Waals surface area contributed by atoms with E-state index < -0.39 is 11.7 Å². The van der Waals surface area contributed by atoms with Gasteiger partial charge in [-0.2, -0.15) is 0 Å². The van der Waals surface area contributed by atoms with E-state index in [4.69, 9.17) is 14.2 Å². The molecule has 0 aromatic heterocycles. The van der Waals surface area contributed by atoms with E-state index in [0.29, 0.717) is 18.4 Å². The number of hydrogen-bond acceptors (Lipinski definition) is 5. The van der Waals surface area contributed by atoms with E-state index in [1.807, 2.05) is 72.8 Å². The Morgan fingerprint density at radius 2 is 1.23 bits per heavy atom. The van der Waals surface area contributed by atoms with Gasteiger partial charge in [-0.05, 0) is 28.8 Å². The maximum atomic E-state index is 13.0. The lowest BCUT2D eigenvalue weighted by molar-refractivity contribution is -0.141. The summed E-state index contributed by atoms with van der Waals surface area (Å²) in [5, 5.41) is 0. The molecule has 4 aromatic carbocycles. The fourth-order valence-electron chi connectivity index (χ4n) is 6.09. The topological polar surface area (TPSA) is 61.8 Å². The number of fused-ring (bicyclic) bond motifs is 1. The van der Waals surface area contributed by atoms with E-state index in [2.05, 4.69) is 36.4 Å². The molecule has 2 fully saturated rings. The summed E-state index contributed by atoms with van der Waals surface area (Å²) in [6.07, 6.45) is 0.0607. The summed E-state index contributed by atoms with van der Waals surface area (Å²) < 4.78 is 18.8. The summed E-state index contributed by atoms with van der Waals surface area (Å²) in [4.78, 5) is 25.3. The Morgan fingerprint density at radius 3 is 1.74 bits per heavy atom. The molecular weight excluding hydrogens is 488 g/mol. The number of benzene rings is 4. The Morgan fingerprint density at radius 1 is 0.744 bits per heavy atom. The van der Waals surface area contributed by atoms with Gasteiger partial charge in [0.25, 0.3) is 0 Å². The zero-order valence-electron chi connectivity index (χ0n) is 21.5. The second-order valence-electron chi connectivity index (χ2n) is 10.2. The first kappa shape index (κ1) is 25.1. The second kappa shape index (κ2) is 10.9. The molecule has 0 radical (unpaired) electrons. The summed E-state index contributed by atoms with van der Waals surface area (Å²) in [6.45, 7) is 0.281. The molecule has 2 aliphatic rings. The smallest absolute Gasteiger partial charge is 0.338 e. The highest BCUT2D eigenvalue weighted by atomic mass is 16.6. The van der Waals surface area contributed by atoms with Gasteiger partial charge in [-0.15, -0.1) is 0 Å². The Labute approximate surface area is 228 Å². The first-order valence-corrected chi connectivity index (χ1v) is 13.4. The molecule has 39 heavy (non-hydrogen) atoms. The van der Waals surface area contributed by atoms with Gasteiger partial charge < -0.3 is 14.2 Å². The predicted octanol–water partition coefficient (Wildman–Crippen LogP) is 6.17. The van der Waals surface area contributed by atoms with E-state index in [9.17, 15) is 9.59 Å². The molecule has 5 nitrogen and oxygen atoms in total. The molecule has 4 aromatic rings. The first-order valence-electron chi connectivity index (χ1n) is 13.4. The van der Waals surface area contributed by atoms with Crippen LogP contribution in [0, 0.1) is 11.8 Å². The van der Waals surface area contributed by atoms with Crippen LogP contribution in [0.4, 0.5) is 0 Å². The molecule has 6 rings (SSSR count). The van der Waals surface area contributed by atoms with Gasteiger partial charge in [-0.25, -0.2) is 4.79 Å². The SMILES string of the molecule is O=C1CC2C(CC(OC(=O)c3ccccc3)C2COC(c2ccccc2)(c2ccccc2)c2ccccc2)O1. The number of esters is 2. The Hall–Kier alpha value is -4.22. The van der Waals surface area contributed by atoms with Crippen molar-refractivity contribution < 1.29 is 23.8 Å². The van der Waals surface area contributed by atoms with Crippen LogP contribution in [0.1, 0.15) is 39.9 Å². The zero-order valence-corrected chi connectivity index (χ0v) is 21.5. The lowest BCUT2D eigenvalue weighted by Crippen LogP contribution is -2.38. The molecule has 4 unspecified atom stereocenters. The van der Waals surface area contributed by atoms with Gasteiger partial charge in [0.2, 0.25) is 0 Å². The zero-order chi connectivity index (χ0) is 26.7. The molecule has 0 amide bonds. The highest BCUT2D eigenvalue weighted by Crippen LogP contribution is 2.46. The van der Waals surface area contributed by atoms with E-state index >= 15 is 0 Å². The lowest BCUT2D eigenvalue weighted by Gasteiger charge is -2.38. The monoisotopic (exact) mass is 518 g/mol. The van der Waals surface area contributed by atoms with E-state index in [1.165, 1.54) is 0 Å². The maximum Gasteiger partial charge on any atom is 0.338 e. The molecule has 1 heterocycles. The highest BCUT2D eigenvalue weighted by Gasteiger charge is 2.53. The highest BCUT2D eigenvalue weighted by molar-refractivity contribution is 5.89. The van der Waals surface area contributed by atoms with E-state index in [0.717, 1.165) is 16.7 Å². The minimum absolute atomic E-state index is 0.0777. The van der Waals surface area contributed by atoms with Gasteiger partial charge in [0.1, 0.15) is 17.8 Å². The van der Waals surface area contributed by atoms with Crippen molar-refractivity contribution in [2.45, 2.75) is 30.7 Å². The summed E-state index contributed by atoms with van der Waals surface area (Å²) in [5.41, 5.74) is 2.58. The van der Waals surface area contributed by atoms with Crippen LogP contribution in [0.3, 0.4) is 0 Å². The number of ether oxygens (including phenoxy) is 3. The number of carbonyl (C=O) groups is 2. The minimum Gasteiger partial charge on any atom is -0.462 e. The molecule has 1 saturated heterocycles. The van der Waals surface area contributed by atoms with Crippen molar-refractivity contribution in [3.63, 3.8) is 0 Å². The van der Waals surface area contributed by atoms with Gasteiger partial charge in [0.05, 0.1) is 18.6 Å². The average Bonchev–Trinajstić information content (AvgIpc) is 3.51. The molecule has 1 aliphatic heterocycles. The van der Waals surface area contributed by atoms with Gasteiger partial charge in [-0.3, -0.25) is 4.79 Å². The average molecular weight is 519 g/mol. The summed E-state index contributed by atoms with van der Waals surface area (Å²) in [7, 11) is 0. The number of hydrogen-bond donors (Lipinski definition) is 0. The fraction of sp³-hybridized carbons (Fsp3) is 0.235. The predicted molar refractivity (Wildman–Crippen MR) is 147 cm³/mol. The van der Waals surface area contributed by atoms with Crippen molar-refractivity contribution in [3.05, 3.63) is 144 Å². The molecule has 0 N–H and O–H groups in total. The molecule has 0 spiro atoms. The van der Waals surface area contributed by atoms with Crippen LogP contribution in [-0.2, 0) is 24.6 Å². The van der Waals surface area contributed by atoms with Gasteiger partial charge >= 0.3 is 11.9 Å². The third kappa shape index (κ3) is 4.86. The van der Waals surface area contributed by atoms with Crippen LogP contribution in [0.2, 0.25) is 0 Å². The first-order chi connectivity index (χ1) is 19.1. The van der Waals surface area contributed by atoms with Crippen LogP contribution in [0.25, 0.3) is 0 Å². The van der Waals surface area contributed by atoms with Crippen molar-refractivity contribution >= 4 is 11.9 Å². The molecule has 4 atom stereocenters. The van der Waals surface area contributed by atoms with Crippen LogP contribution >= 0.6 is 0 Å². The van der Waals surface area contributed by atoms with Crippen LogP contribution in [0.15, 0.2) is 121 Å². The maximum absolute atomic E-state index is 13.0. The van der Waals surface area contributed by atoms with Crippen molar-refractivity contribution in [1.82, 2.24) is 0 Å². The Balaban J connectivity index is 1.37. The molecular formula is C34H30O5.